The maximum absolute atomic E-state index is 8.64. The lowest BCUT2D eigenvalue weighted by Gasteiger charge is -2.25. The summed E-state index contributed by atoms with van der Waals surface area (Å²) < 4.78 is 0. The molecule has 0 aromatic rings. The van der Waals surface area contributed by atoms with Gasteiger partial charge in [-0.05, 0) is 50.1 Å². The van der Waals surface area contributed by atoms with Crippen molar-refractivity contribution in [1.82, 2.24) is 10.2 Å². The molecule has 1 unspecified atom stereocenters. The van der Waals surface area contributed by atoms with Gasteiger partial charge in [0.05, 0.1) is 6.07 Å². The Labute approximate surface area is 112 Å². The molecule has 0 aromatic carbocycles. The Morgan fingerprint density at radius 1 is 1.33 bits per heavy atom. The van der Waals surface area contributed by atoms with Crippen LogP contribution in [0.2, 0.25) is 0 Å². The summed E-state index contributed by atoms with van der Waals surface area (Å²) in [7, 11) is 0. The van der Waals surface area contributed by atoms with Gasteiger partial charge in [0.15, 0.2) is 0 Å². The van der Waals surface area contributed by atoms with Crippen molar-refractivity contribution in [3.63, 3.8) is 0 Å². The van der Waals surface area contributed by atoms with Crippen molar-refractivity contribution in [3.8, 4) is 6.07 Å². The van der Waals surface area contributed by atoms with Crippen LogP contribution in [0.25, 0.3) is 0 Å². The van der Waals surface area contributed by atoms with Crippen LogP contribution in [0.5, 0.6) is 0 Å². The van der Waals surface area contributed by atoms with Gasteiger partial charge in [-0.3, -0.25) is 0 Å². The lowest BCUT2D eigenvalue weighted by atomic mass is 9.88. The van der Waals surface area contributed by atoms with Gasteiger partial charge in [-0.25, -0.2) is 0 Å². The van der Waals surface area contributed by atoms with Crippen LogP contribution >= 0.6 is 0 Å². The summed E-state index contributed by atoms with van der Waals surface area (Å²) in [4.78, 5) is 2.67. The third-order valence-corrected chi connectivity index (χ3v) is 4.33. The number of nitriles is 1. The van der Waals surface area contributed by atoms with Crippen molar-refractivity contribution < 1.29 is 0 Å². The molecule has 102 valence electrons. The molecule has 2 rings (SSSR count). The molecule has 1 aliphatic carbocycles. The Morgan fingerprint density at radius 2 is 2.11 bits per heavy atom. The molecule has 18 heavy (non-hydrogen) atoms. The fraction of sp³-hybridized carbons (Fsp3) is 0.933. The monoisotopic (exact) mass is 249 g/mol. The Bertz CT molecular complexity index is 301. The van der Waals surface area contributed by atoms with Crippen LogP contribution in [0.3, 0.4) is 0 Å². The van der Waals surface area contributed by atoms with Crippen LogP contribution < -0.4 is 5.32 Å². The maximum atomic E-state index is 8.64. The van der Waals surface area contributed by atoms with E-state index in [0.29, 0.717) is 6.42 Å². The number of hydrogen-bond acceptors (Lipinski definition) is 3. The van der Waals surface area contributed by atoms with E-state index < -0.39 is 0 Å². The maximum Gasteiger partial charge on any atom is 0.0621 e. The first-order chi connectivity index (χ1) is 8.61. The highest BCUT2D eigenvalue weighted by molar-refractivity contribution is 4.90. The van der Waals surface area contributed by atoms with Crippen molar-refractivity contribution in [1.29, 1.82) is 5.26 Å². The molecule has 0 bridgehead atoms. The van der Waals surface area contributed by atoms with Gasteiger partial charge in [-0.1, -0.05) is 13.8 Å². The second-order valence-electron chi connectivity index (χ2n) is 6.83. The Kier molecular flexibility index (Phi) is 4.64. The van der Waals surface area contributed by atoms with Crippen LogP contribution in [0, 0.1) is 22.7 Å². The molecule has 0 spiro atoms. The number of likely N-dealkylation sites (tertiary alicyclic amines) is 1. The van der Waals surface area contributed by atoms with E-state index in [-0.39, 0.29) is 5.41 Å². The van der Waals surface area contributed by atoms with Crippen molar-refractivity contribution >= 4 is 0 Å². The van der Waals surface area contributed by atoms with Gasteiger partial charge in [-0.2, -0.15) is 5.26 Å². The minimum atomic E-state index is 0.254. The van der Waals surface area contributed by atoms with Crippen LogP contribution in [0.4, 0.5) is 0 Å². The van der Waals surface area contributed by atoms with Crippen LogP contribution in [0.15, 0.2) is 0 Å². The van der Waals surface area contributed by atoms with Crippen molar-refractivity contribution in [2.45, 2.75) is 52.0 Å². The van der Waals surface area contributed by atoms with E-state index in [9.17, 15) is 0 Å². The number of rotatable bonds is 7. The molecular formula is C15H27N3. The molecule has 1 heterocycles. The first-order valence-corrected chi connectivity index (χ1v) is 7.42. The third-order valence-electron chi connectivity index (χ3n) is 4.33. The predicted molar refractivity (Wildman–Crippen MR) is 74.2 cm³/mol. The Morgan fingerprint density at radius 3 is 2.78 bits per heavy atom. The molecule has 2 aliphatic rings. The van der Waals surface area contributed by atoms with Crippen molar-refractivity contribution in [2.24, 2.45) is 11.3 Å². The first-order valence-electron chi connectivity index (χ1n) is 7.42. The second-order valence-corrected chi connectivity index (χ2v) is 6.83. The largest absolute Gasteiger partial charge is 0.316 e. The zero-order valence-electron chi connectivity index (χ0n) is 11.9. The topological polar surface area (TPSA) is 39.1 Å². The van der Waals surface area contributed by atoms with Crippen molar-refractivity contribution in [2.75, 3.05) is 26.2 Å². The van der Waals surface area contributed by atoms with Gasteiger partial charge in [0.2, 0.25) is 0 Å². The second kappa shape index (κ2) is 6.04. The molecule has 0 radical (unpaired) electrons. The molecule has 0 aromatic heterocycles. The van der Waals surface area contributed by atoms with Gasteiger partial charge >= 0.3 is 0 Å². The highest BCUT2D eigenvalue weighted by Crippen LogP contribution is 2.31. The lowest BCUT2D eigenvalue weighted by Crippen LogP contribution is -2.34. The zero-order chi connectivity index (χ0) is 13.0. The minimum Gasteiger partial charge on any atom is -0.316 e. The summed E-state index contributed by atoms with van der Waals surface area (Å²) in [5, 5.41) is 12.3. The lowest BCUT2D eigenvalue weighted by molar-refractivity contribution is 0.292. The molecule has 1 aliphatic heterocycles. The van der Waals surface area contributed by atoms with Gasteiger partial charge in [0.25, 0.3) is 0 Å². The smallest absolute Gasteiger partial charge is 0.0621 e. The fourth-order valence-electron chi connectivity index (χ4n) is 2.90. The number of hydrogen-bond donors (Lipinski definition) is 1. The highest BCUT2D eigenvalue weighted by Gasteiger charge is 2.34. The van der Waals surface area contributed by atoms with E-state index >= 15 is 0 Å². The van der Waals surface area contributed by atoms with Gasteiger partial charge in [0, 0.05) is 25.6 Å². The summed E-state index contributed by atoms with van der Waals surface area (Å²) in [5.74, 6) is 0.845. The van der Waals surface area contributed by atoms with Crippen LogP contribution in [-0.2, 0) is 0 Å². The number of nitrogens with one attached hydrogen (secondary N) is 1. The number of nitrogens with zero attached hydrogens (tertiary/aromatic N) is 2. The molecule has 0 amide bonds. The summed E-state index contributed by atoms with van der Waals surface area (Å²) in [6, 6.07) is 3.18. The summed E-state index contributed by atoms with van der Waals surface area (Å²) in [6.45, 7) is 9.31. The van der Waals surface area contributed by atoms with Crippen molar-refractivity contribution in [3.05, 3.63) is 0 Å². The molecule has 3 nitrogen and oxygen atoms in total. The van der Waals surface area contributed by atoms with E-state index in [2.05, 4.69) is 30.1 Å². The minimum absolute atomic E-state index is 0.254. The van der Waals surface area contributed by atoms with E-state index in [4.69, 9.17) is 5.26 Å². The van der Waals surface area contributed by atoms with Gasteiger partial charge in [-0.15, -0.1) is 0 Å². The molecule has 2 fully saturated rings. The summed E-state index contributed by atoms with van der Waals surface area (Å²) in [6.07, 6.45) is 5.90. The average molecular weight is 249 g/mol. The first kappa shape index (κ1) is 13.8. The van der Waals surface area contributed by atoms with Crippen LogP contribution in [0.1, 0.15) is 46.0 Å². The quantitative estimate of drug-likeness (QED) is 0.753. The standard InChI is InChI=1S/C15H27N3/c1-15(2,7-3-8-16)12-17-10-13-6-9-18(11-13)14-4-5-14/h13-14,17H,3-7,9-12H2,1-2H3. The van der Waals surface area contributed by atoms with Gasteiger partial charge in [0.1, 0.15) is 0 Å². The summed E-state index contributed by atoms with van der Waals surface area (Å²) >= 11 is 0. The third kappa shape index (κ3) is 4.26. The normalized spacial score (nSPS) is 25.3. The predicted octanol–water partition coefficient (Wildman–Crippen LogP) is 2.39. The average Bonchev–Trinajstić information content (AvgIpc) is 3.08. The van der Waals surface area contributed by atoms with E-state index in [1.54, 1.807) is 0 Å². The SMILES string of the molecule is CC(C)(CCC#N)CNCC1CCN(C2CC2)C1. The Balaban J connectivity index is 1.59. The molecule has 1 saturated heterocycles. The molecule has 1 saturated carbocycles. The fourth-order valence-corrected chi connectivity index (χ4v) is 2.90. The molecule has 1 atom stereocenters. The molecule has 1 N–H and O–H groups in total. The summed E-state index contributed by atoms with van der Waals surface area (Å²) in [5.41, 5.74) is 0.254. The highest BCUT2D eigenvalue weighted by atomic mass is 15.2. The Hall–Kier alpha value is -0.590. The van der Waals surface area contributed by atoms with E-state index in [0.717, 1.165) is 31.5 Å². The molecule has 3 heteroatoms. The van der Waals surface area contributed by atoms with Crippen LogP contribution in [-0.4, -0.2) is 37.1 Å². The zero-order valence-corrected chi connectivity index (χ0v) is 11.9. The van der Waals surface area contributed by atoms with E-state index in [1.165, 1.54) is 32.4 Å². The molecular weight excluding hydrogens is 222 g/mol. The van der Waals surface area contributed by atoms with E-state index in [1.807, 2.05) is 0 Å². The van der Waals surface area contributed by atoms with Gasteiger partial charge < -0.3 is 10.2 Å².